The van der Waals surface area contributed by atoms with Gasteiger partial charge in [-0.05, 0) is 32.9 Å². The van der Waals surface area contributed by atoms with E-state index in [4.69, 9.17) is 9.47 Å². The number of halogens is 1. The van der Waals surface area contributed by atoms with Crippen LogP contribution in [0.5, 0.6) is 0 Å². The molecule has 24 heavy (non-hydrogen) atoms. The lowest BCUT2D eigenvalue weighted by molar-refractivity contribution is -0.0704. The Morgan fingerprint density at radius 1 is 1.38 bits per heavy atom. The van der Waals surface area contributed by atoms with Crippen LogP contribution in [-0.2, 0) is 16.0 Å². The number of carbonyl (C=O) groups is 1. The Balaban J connectivity index is 2.00. The maximum atomic E-state index is 14.4. The van der Waals surface area contributed by atoms with Gasteiger partial charge in [0.1, 0.15) is 10.7 Å². The average Bonchev–Trinajstić information content (AvgIpc) is 2.86. The Hall–Kier alpha value is -1.50. The SMILES string of the molecule is CCOC(=O)c1sc2cccc(F)c2c1CN1C[C@@H](C)O[C@@H](C)C1. The molecule has 0 saturated carbocycles. The molecule has 3 rings (SSSR count). The molecule has 4 nitrogen and oxygen atoms in total. The molecule has 1 aliphatic heterocycles. The van der Waals surface area contributed by atoms with E-state index >= 15 is 0 Å². The number of morpholine rings is 1. The highest BCUT2D eigenvalue weighted by atomic mass is 32.1. The summed E-state index contributed by atoms with van der Waals surface area (Å²) < 4.78 is 26.1. The highest BCUT2D eigenvalue weighted by molar-refractivity contribution is 7.21. The monoisotopic (exact) mass is 351 g/mol. The second kappa shape index (κ2) is 7.17. The van der Waals surface area contributed by atoms with E-state index in [9.17, 15) is 9.18 Å². The largest absolute Gasteiger partial charge is 0.462 e. The summed E-state index contributed by atoms with van der Waals surface area (Å²) in [6.07, 6.45) is 0.240. The summed E-state index contributed by atoms with van der Waals surface area (Å²) in [7, 11) is 0. The first kappa shape index (κ1) is 17.3. The van der Waals surface area contributed by atoms with Gasteiger partial charge in [-0.15, -0.1) is 11.3 Å². The van der Waals surface area contributed by atoms with Crippen LogP contribution in [0.25, 0.3) is 10.1 Å². The zero-order chi connectivity index (χ0) is 17.3. The second-order valence-electron chi connectivity index (χ2n) is 6.19. The molecular formula is C18H22FNO3S. The minimum Gasteiger partial charge on any atom is -0.462 e. The number of benzene rings is 1. The van der Waals surface area contributed by atoms with Crippen LogP contribution in [0.2, 0.25) is 0 Å². The van der Waals surface area contributed by atoms with Gasteiger partial charge < -0.3 is 9.47 Å². The van der Waals surface area contributed by atoms with Gasteiger partial charge in [0.15, 0.2) is 0 Å². The fourth-order valence-electron chi connectivity index (χ4n) is 3.32. The van der Waals surface area contributed by atoms with E-state index < -0.39 is 0 Å². The molecule has 0 aliphatic carbocycles. The van der Waals surface area contributed by atoms with Crippen molar-refractivity contribution < 1.29 is 18.7 Å². The number of ether oxygens (including phenoxy) is 2. The minimum atomic E-state index is -0.373. The van der Waals surface area contributed by atoms with Crippen LogP contribution in [0.4, 0.5) is 4.39 Å². The van der Waals surface area contributed by atoms with Crippen molar-refractivity contribution in [2.75, 3.05) is 19.7 Å². The maximum absolute atomic E-state index is 14.4. The molecule has 2 atom stereocenters. The van der Waals surface area contributed by atoms with Crippen LogP contribution in [0.15, 0.2) is 18.2 Å². The number of hydrogen-bond acceptors (Lipinski definition) is 5. The topological polar surface area (TPSA) is 38.8 Å². The van der Waals surface area contributed by atoms with Crippen LogP contribution in [0, 0.1) is 5.82 Å². The lowest BCUT2D eigenvalue weighted by Gasteiger charge is -2.35. The Labute approximate surface area is 145 Å². The molecule has 1 fully saturated rings. The molecule has 0 unspecified atom stereocenters. The van der Waals surface area contributed by atoms with E-state index in [0.29, 0.717) is 23.4 Å². The zero-order valence-electron chi connectivity index (χ0n) is 14.2. The molecule has 0 amide bonds. The maximum Gasteiger partial charge on any atom is 0.348 e. The molecule has 0 N–H and O–H groups in total. The standard InChI is InChI=1S/C18H22FNO3S/c1-4-22-18(21)17-13(10-20-8-11(2)23-12(3)9-20)16-14(19)6-5-7-15(16)24-17/h5-7,11-12H,4,8-10H2,1-3H3/t11-,12+. The van der Waals surface area contributed by atoms with E-state index in [1.54, 1.807) is 13.0 Å². The second-order valence-corrected chi connectivity index (χ2v) is 7.25. The Kier molecular flexibility index (Phi) is 5.18. The first-order valence-electron chi connectivity index (χ1n) is 8.24. The summed E-state index contributed by atoms with van der Waals surface area (Å²) in [6, 6.07) is 4.96. The molecule has 0 bridgehead atoms. The van der Waals surface area contributed by atoms with Gasteiger partial charge in [0.2, 0.25) is 0 Å². The van der Waals surface area contributed by atoms with Crippen molar-refractivity contribution in [1.82, 2.24) is 4.90 Å². The van der Waals surface area contributed by atoms with Crippen LogP contribution in [0.3, 0.4) is 0 Å². The van der Waals surface area contributed by atoms with Crippen molar-refractivity contribution in [3.8, 4) is 0 Å². The summed E-state index contributed by atoms with van der Waals surface area (Å²) in [5.74, 6) is -0.661. The van der Waals surface area contributed by atoms with Crippen molar-refractivity contribution >= 4 is 27.4 Å². The van der Waals surface area contributed by atoms with Gasteiger partial charge in [-0.3, -0.25) is 4.90 Å². The molecule has 2 heterocycles. The summed E-state index contributed by atoms with van der Waals surface area (Å²) in [5.41, 5.74) is 0.729. The van der Waals surface area contributed by atoms with Crippen LogP contribution < -0.4 is 0 Å². The number of hydrogen-bond donors (Lipinski definition) is 0. The molecule has 1 aliphatic rings. The molecule has 6 heteroatoms. The first-order chi connectivity index (χ1) is 11.5. The number of thiophene rings is 1. The Bertz CT molecular complexity index is 735. The van der Waals surface area contributed by atoms with Gasteiger partial charge in [-0.25, -0.2) is 9.18 Å². The molecule has 130 valence electrons. The van der Waals surface area contributed by atoms with Crippen molar-refractivity contribution in [3.05, 3.63) is 34.5 Å². The fraction of sp³-hybridized carbons (Fsp3) is 0.500. The smallest absolute Gasteiger partial charge is 0.348 e. The molecular weight excluding hydrogens is 329 g/mol. The van der Waals surface area contributed by atoms with Crippen LogP contribution in [0.1, 0.15) is 36.0 Å². The van der Waals surface area contributed by atoms with Crippen LogP contribution in [-0.4, -0.2) is 42.8 Å². The third kappa shape index (κ3) is 3.45. The van der Waals surface area contributed by atoms with Gasteiger partial charge >= 0.3 is 5.97 Å². The van der Waals surface area contributed by atoms with Gasteiger partial charge in [-0.1, -0.05) is 6.07 Å². The minimum absolute atomic E-state index is 0.120. The highest BCUT2D eigenvalue weighted by Crippen LogP contribution is 2.35. The predicted octanol–water partition coefficient (Wildman–Crippen LogP) is 3.83. The van der Waals surface area contributed by atoms with E-state index in [1.807, 2.05) is 19.9 Å². The van der Waals surface area contributed by atoms with E-state index in [1.165, 1.54) is 17.4 Å². The van der Waals surface area contributed by atoms with E-state index in [-0.39, 0.29) is 24.0 Å². The molecule has 1 aromatic heterocycles. The average molecular weight is 351 g/mol. The lowest BCUT2D eigenvalue weighted by Crippen LogP contribution is -2.45. The molecule has 1 aromatic carbocycles. The van der Waals surface area contributed by atoms with Gasteiger partial charge in [0.25, 0.3) is 0 Å². The third-order valence-electron chi connectivity index (χ3n) is 4.10. The van der Waals surface area contributed by atoms with Gasteiger partial charge in [0.05, 0.1) is 18.8 Å². The lowest BCUT2D eigenvalue weighted by atomic mass is 10.1. The Morgan fingerprint density at radius 3 is 2.75 bits per heavy atom. The third-order valence-corrected chi connectivity index (χ3v) is 5.28. The zero-order valence-corrected chi connectivity index (χ0v) is 15.0. The van der Waals surface area contributed by atoms with Crippen molar-refractivity contribution in [2.24, 2.45) is 0 Å². The molecule has 0 radical (unpaired) electrons. The quantitative estimate of drug-likeness (QED) is 0.785. The predicted molar refractivity (Wildman–Crippen MR) is 93.0 cm³/mol. The Morgan fingerprint density at radius 2 is 2.08 bits per heavy atom. The number of fused-ring (bicyclic) bond motifs is 1. The number of rotatable bonds is 4. The summed E-state index contributed by atoms with van der Waals surface area (Å²) in [6.45, 7) is 8.18. The fourth-order valence-corrected chi connectivity index (χ4v) is 4.44. The summed E-state index contributed by atoms with van der Waals surface area (Å²) >= 11 is 1.30. The van der Waals surface area contributed by atoms with E-state index in [0.717, 1.165) is 23.4 Å². The highest BCUT2D eigenvalue weighted by Gasteiger charge is 2.27. The normalized spacial score (nSPS) is 22.0. The van der Waals surface area contributed by atoms with Crippen molar-refractivity contribution in [3.63, 3.8) is 0 Å². The molecule has 1 saturated heterocycles. The van der Waals surface area contributed by atoms with Gasteiger partial charge in [0, 0.05) is 35.3 Å². The summed E-state index contributed by atoms with van der Waals surface area (Å²) in [5, 5.41) is 0.539. The molecule has 0 spiro atoms. The van der Waals surface area contributed by atoms with E-state index in [2.05, 4.69) is 4.90 Å². The van der Waals surface area contributed by atoms with Gasteiger partial charge in [-0.2, -0.15) is 0 Å². The first-order valence-corrected chi connectivity index (χ1v) is 9.06. The van der Waals surface area contributed by atoms with Crippen LogP contribution >= 0.6 is 11.3 Å². The van der Waals surface area contributed by atoms with Crippen molar-refractivity contribution in [2.45, 2.75) is 39.5 Å². The van der Waals surface area contributed by atoms with Crippen molar-refractivity contribution in [1.29, 1.82) is 0 Å². The molecule has 2 aromatic rings. The summed E-state index contributed by atoms with van der Waals surface area (Å²) in [4.78, 5) is 15.1. The number of esters is 1. The number of nitrogens with zero attached hydrogens (tertiary/aromatic N) is 1. The number of carbonyl (C=O) groups excluding carboxylic acids is 1.